The number of aryl methyl sites for hydroxylation is 1. The second kappa shape index (κ2) is 4.83. The number of carbonyl (C=O) groups excluding carboxylic acids is 1. The molecule has 0 aliphatic rings. The van der Waals surface area contributed by atoms with E-state index in [9.17, 15) is 4.79 Å². The maximum Gasteiger partial charge on any atom is 0.152 e. The summed E-state index contributed by atoms with van der Waals surface area (Å²) in [5.74, 6) is 0. The predicted octanol–water partition coefficient (Wildman–Crippen LogP) is 4.92. The molecule has 0 fully saturated rings. The molecule has 0 aliphatic heterocycles. The third-order valence-electron chi connectivity index (χ3n) is 3.20. The zero-order valence-electron chi connectivity index (χ0n) is 10.4. The molecule has 0 unspecified atom stereocenters. The van der Waals surface area contributed by atoms with Gasteiger partial charge in [-0.05, 0) is 24.6 Å². The van der Waals surface area contributed by atoms with Crippen LogP contribution in [0, 0.1) is 0 Å². The van der Waals surface area contributed by atoms with E-state index in [1.165, 1.54) is 4.88 Å². The number of halogens is 1. The summed E-state index contributed by atoms with van der Waals surface area (Å²) < 4.78 is 0. The molecule has 2 nitrogen and oxygen atoms in total. The highest BCUT2D eigenvalue weighted by Crippen LogP contribution is 2.35. The number of hydrogen-bond donors (Lipinski definition) is 1. The number of aromatic amines is 1. The molecule has 3 aromatic rings. The second-order valence-corrected chi connectivity index (χ2v) is 5.89. The average Bonchev–Trinajstić information content (AvgIpc) is 3.02. The van der Waals surface area contributed by atoms with Crippen molar-refractivity contribution in [3.05, 3.63) is 45.8 Å². The van der Waals surface area contributed by atoms with Crippen LogP contribution in [0.1, 0.15) is 22.2 Å². The lowest BCUT2D eigenvalue weighted by molar-refractivity contribution is 0.112. The molecule has 1 aromatic carbocycles. The quantitative estimate of drug-likeness (QED) is 0.682. The molecular weight excluding hydrogens is 278 g/mol. The Morgan fingerprint density at radius 2 is 2.16 bits per heavy atom. The van der Waals surface area contributed by atoms with E-state index in [-0.39, 0.29) is 0 Å². The van der Waals surface area contributed by atoms with E-state index < -0.39 is 0 Å². The van der Waals surface area contributed by atoms with E-state index in [2.05, 4.69) is 24.0 Å². The van der Waals surface area contributed by atoms with Crippen LogP contribution in [-0.2, 0) is 6.42 Å². The molecule has 19 heavy (non-hydrogen) atoms. The van der Waals surface area contributed by atoms with Crippen LogP contribution in [0.2, 0.25) is 5.02 Å². The summed E-state index contributed by atoms with van der Waals surface area (Å²) in [7, 11) is 0. The second-order valence-electron chi connectivity index (χ2n) is 4.31. The molecule has 0 amide bonds. The fourth-order valence-electron chi connectivity index (χ4n) is 2.22. The third-order valence-corrected chi connectivity index (χ3v) is 4.76. The molecule has 0 saturated heterocycles. The number of carbonyl (C=O) groups is 1. The Labute approximate surface area is 120 Å². The van der Waals surface area contributed by atoms with E-state index >= 15 is 0 Å². The molecule has 0 radical (unpaired) electrons. The Bertz CT molecular complexity index is 757. The van der Waals surface area contributed by atoms with Crippen LogP contribution in [0.4, 0.5) is 0 Å². The van der Waals surface area contributed by atoms with Crippen molar-refractivity contribution in [2.24, 2.45) is 0 Å². The highest BCUT2D eigenvalue weighted by molar-refractivity contribution is 7.15. The summed E-state index contributed by atoms with van der Waals surface area (Å²) in [4.78, 5) is 17.1. The molecule has 2 heterocycles. The van der Waals surface area contributed by atoms with Gasteiger partial charge in [0.25, 0.3) is 0 Å². The normalized spacial score (nSPS) is 11.1. The van der Waals surface area contributed by atoms with Crippen LogP contribution in [0.3, 0.4) is 0 Å². The van der Waals surface area contributed by atoms with Gasteiger partial charge in [-0.25, -0.2) is 0 Å². The number of aromatic nitrogens is 1. The SMILES string of the molecule is CCc1ccc(-c2[nH]c3c(Cl)cccc3c2C=O)s1. The van der Waals surface area contributed by atoms with Crippen molar-refractivity contribution in [2.75, 3.05) is 0 Å². The lowest BCUT2D eigenvalue weighted by atomic mass is 10.1. The lowest BCUT2D eigenvalue weighted by Crippen LogP contribution is -1.80. The van der Waals surface area contributed by atoms with Crippen LogP contribution in [-0.4, -0.2) is 11.3 Å². The van der Waals surface area contributed by atoms with Crippen molar-refractivity contribution in [3.8, 4) is 10.6 Å². The first-order valence-electron chi connectivity index (χ1n) is 6.09. The van der Waals surface area contributed by atoms with Crippen molar-refractivity contribution in [1.82, 2.24) is 4.98 Å². The van der Waals surface area contributed by atoms with E-state index in [0.717, 1.165) is 34.2 Å². The standard InChI is InChI=1S/C15H12ClNOS/c1-2-9-6-7-13(19-9)15-11(8-18)10-4-3-5-12(16)14(10)17-15/h3-8,17H,2H2,1H3. The minimum atomic E-state index is 0.638. The largest absolute Gasteiger partial charge is 0.352 e. The molecule has 0 saturated carbocycles. The summed E-state index contributed by atoms with van der Waals surface area (Å²) in [6, 6.07) is 9.75. The average molecular weight is 290 g/mol. The van der Waals surface area contributed by atoms with Crippen molar-refractivity contribution < 1.29 is 4.79 Å². The van der Waals surface area contributed by atoms with Crippen molar-refractivity contribution in [2.45, 2.75) is 13.3 Å². The molecule has 96 valence electrons. The van der Waals surface area contributed by atoms with E-state index in [1.54, 1.807) is 11.3 Å². The van der Waals surface area contributed by atoms with Crippen LogP contribution in [0.5, 0.6) is 0 Å². The summed E-state index contributed by atoms with van der Waals surface area (Å²) in [5, 5.41) is 1.52. The van der Waals surface area contributed by atoms with Crippen LogP contribution in [0.15, 0.2) is 30.3 Å². The van der Waals surface area contributed by atoms with Crippen LogP contribution >= 0.6 is 22.9 Å². The number of nitrogens with one attached hydrogen (secondary N) is 1. The molecule has 4 heteroatoms. The van der Waals surface area contributed by atoms with Crippen molar-refractivity contribution >= 4 is 40.1 Å². The molecular formula is C15H12ClNOS. The van der Waals surface area contributed by atoms with Gasteiger partial charge >= 0.3 is 0 Å². The van der Waals surface area contributed by atoms with Gasteiger partial charge < -0.3 is 4.98 Å². The summed E-state index contributed by atoms with van der Waals surface area (Å²) in [6.45, 7) is 2.12. The number of benzene rings is 1. The topological polar surface area (TPSA) is 32.9 Å². The van der Waals surface area contributed by atoms with Gasteiger partial charge in [0, 0.05) is 15.8 Å². The Morgan fingerprint density at radius 3 is 2.84 bits per heavy atom. The summed E-state index contributed by atoms with van der Waals surface area (Å²) >= 11 is 7.88. The molecule has 0 atom stereocenters. The van der Waals surface area contributed by atoms with Gasteiger partial charge in [-0.2, -0.15) is 0 Å². The maximum absolute atomic E-state index is 11.4. The van der Waals surface area contributed by atoms with Gasteiger partial charge in [-0.3, -0.25) is 4.79 Å². The van der Waals surface area contributed by atoms with E-state index in [4.69, 9.17) is 11.6 Å². The minimum Gasteiger partial charge on any atom is -0.352 e. The zero-order valence-corrected chi connectivity index (χ0v) is 11.9. The fourth-order valence-corrected chi connectivity index (χ4v) is 3.41. The Balaban J connectivity index is 2.28. The first-order chi connectivity index (χ1) is 9.24. The number of hydrogen-bond acceptors (Lipinski definition) is 2. The van der Waals surface area contributed by atoms with E-state index in [1.807, 2.05) is 18.2 Å². The van der Waals surface area contributed by atoms with Gasteiger partial charge in [-0.1, -0.05) is 30.7 Å². The van der Waals surface area contributed by atoms with Gasteiger partial charge in [0.15, 0.2) is 6.29 Å². The molecule has 0 aliphatic carbocycles. The molecule has 2 aromatic heterocycles. The van der Waals surface area contributed by atoms with Crippen LogP contribution < -0.4 is 0 Å². The summed E-state index contributed by atoms with van der Waals surface area (Å²) in [6.07, 6.45) is 1.90. The number of fused-ring (bicyclic) bond motifs is 1. The van der Waals surface area contributed by atoms with Gasteiger partial charge in [0.2, 0.25) is 0 Å². The Kier molecular flexibility index (Phi) is 3.17. The Hall–Kier alpha value is -1.58. The monoisotopic (exact) mass is 289 g/mol. The summed E-state index contributed by atoms with van der Waals surface area (Å²) in [5.41, 5.74) is 2.37. The molecule has 1 N–H and O–H groups in total. The first kappa shape index (κ1) is 12.5. The highest BCUT2D eigenvalue weighted by Gasteiger charge is 2.15. The number of rotatable bonds is 3. The number of thiophene rings is 1. The minimum absolute atomic E-state index is 0.638. The number of aldehydes is 1. The predicted molar refractivity (Wildman–Crippen MR) is 81.4 cm³/mol. The van der Waals surface area contributed by atoms with Gasteiger partial charge in [0.05, 0.1) is 21.1 Å². The third kappa shape index (κ3) is 1.99. The van der Waals surface area contributed by atoms with Crippen LogP contribution in [0.25, 0.3) is 21.5 Å². The van der Waals surface area contributed by atoms with Crippen molar-refractivity contribution in [1.29, 1.82) is 0 Å². The molecule has 0 spiro atoms. The molecule has 0 bridgehead atoms. The number of H-pyrrole nitrogens is 1. The first-order valence-corrected chi connectivity index (χ1v) is 7.28. The fraction of sp³-hybridized carbons (Fsp3) is 0.133. The Morgan fingerprint density at radius 1 is 1.32 bits per heavy atom. The highest BCUT2D eigenvalue weighted by atomic mass is 35.5. The number of para-hydroxylation sites is 1. The molecule has 3 rings (SSSR count). The maximum atomic E-state index is 11.4. The van der Waals surface area contributed by atoms with E-state index in [0.29, 0.717) is 10.6 Å². The van der Waals surface area contributed by atoms with Gasteiger partial charge in [0.1, 0.15) is 0 Å². The lowest BCUT2D eigenvalue weighted by Gasteiger charge is -1.94. The smallest absolute Gasteiger partial charge is 0.152 e. The zero-order chi connectivity index (χ0) is 13.4. The van der Waals surface area contributed by atoms with Gasteiger partial charge in [-0.15, -0.1) is 11.3 Å². The van der Waals surface area contributed by atoms with Crippen molar-refractivity contribution in [3.63, 3.8) is 0 Å².